The lowest BCUT2D eigenvalue weighted by atomic mass is 9.86. The molecule has 1 saturated carbocycles. The van der Waals surface area contributed by atoms with Gasteiger partial charge in [0.2, 0.25) is 0 Å². The molecule has 1 unspecified atom stereocenters. The molecule has 3 rings (SSSR count). The van der Waals surface area contributed by atoms with E-state index in [2.05, 4.69) is 50.4 Å². The van der Waals surface area contributed by atoms with Crippen LogP contribution in [0.25, 0.3) is 0 Å². The molecule has 1 aromatic carbocycles. The Morgan fingerprint density at radius 3 is 2.61 bits per heavy atom. The number of carbonyl (C=O) groups is 1. The van der Waals surface area contributed by atoms with Gasteiger partial charge in [0.1, 0.15) is 0 Å². The maximum atomic E-state index is 11.6. The third kappa shape index (κ3) is 4.07. The Hall–Kier alpha value is -1.07. The number of hydrogen-bond acceptors (Lipinski definition) is 4. The van der Waals surface area contributed by atoms with Crippen molar-refractivity contribution in [3.63, 3.8) is 0 Å². The Kier molecular flexibility index (Phi) is 5.59. The molecule has 1 heterocycles. The molecule has 1 atom stereocenters. The first-order chi connectivity index (χ1) is 11.2. The van der Waals surface area contributed by atoms with Crippen molar-refractivity contribution in [3.05, 3.63) is 28.7 Å². The van der Waals surface area contributed by atoms with Gasteiger partial charge in [-0.1, -0.05) is 12.1 Å². The van der Waals surface area contributed by atoms with Crippen molar-refractivity contribution in [3.8, 4) is 0 Å². The molecule has 0 spiro atoms. The molecular weight excluding hydrogens is 356 g/mol. The van der Waals surface area contributed by atoms with Crippen molar-refractivity contribution >= 4 is 27.6 Å². The van der Waals surface area contributed by atoms with Gasteiger partial charge in [-0.25, -0.2) is 0 Å². The summed E-state index contributed by atoms with van der Waals surface area (Å²) in [5.74, 6) is 0.0721. The topological polar surface area (TPSA) is 41.6 Å². The minimum Gasteiger partial charge on any atom is -0.469 e. The number of halogens is 1. The molecule has 4 nitrogen and oxygen atoms in total. The molecule has 2 aliphatic rings. The summed E-state index contributed by atoms with van der Waals surface area (Å²) in [4.78, 5) is 14.0. The molecule has 1 N–H and O–H groups in total. The van der Waals surface area contributed by atoms with E-state index in [9.17, 15) is 4.79 Å². The molecule has 0 amide bonds. The van der Waals surface area contributed by atoms with Gasteiger partial charge in [0.05, 0.1) is 18.7 Å². The Morgan fingerprint density at radius 2 is 1.91 bits per heavy atom. The van der Waals surface area contributed by atoms with E-state index in [-0.39, 0.29) is 11.9 Å². The largest absolute Gasteiger partial charge is 0.469 e. The number of nitrogens with zero attached hydrogens (tertiary/aromatic N) is 1. The van der Waals surface area contributed by atoms with Crippen LogP contribution in [0.3, 0.4) is 0 Å². The van der Waals surface area contributed by atoms with Crippen LogP contribution in [0.15, 0.2) is 28.7 Å². The predicted molar refractivity (Wildman–Crippen MR) is 95.7 cm³/mol. The number of para-hydroxylation sites is 1. The maximum Gasteiger partial charge on any atom is 0.308 e. The van der Waals surface area contributed by atoms with E-state index in [0.717, 1.165) is 38.8 Å². The summed E-state index contributed by atoms with van der Waals surface area (Å²) >= 11 is 3.65. The van der Waals surface area contributed by atoms with E-state index in [1.165, 1.54) is 23.7 Å². The second-order valence-corrected chi connectivity index (χ2v) is 7.48. The van der Waals surface area contributed by atoms with Crippen LogP contribution in [0.1, 0.15) is 32.1 Å². The summed E-state index contributed by atoms with van der Waals surface area (Å²) in [6, 6.07) is 9.51. The number of nitrogens with one attached hydrogen (secondary N) is 1. The van der Waals surface area contributed by atoms with Gasteiger partial charge < -0.3 is 15.0 Å². The number of esters is 1. The molecule has 5 heteroatoms. The highest BCUT2D eigenvalue weighted by atomic mass is 79.9. The van der Waals surface area contributed by atoms with E-state index in [1.807, 2.05) is 0 Å². The number of carbonyl (C=O) groups excluding carboxylic acids is 1. The summed E-state index contributed by atoms with van der Waals surface area (Å²) < 4.78 is 6.03. The minimum absolute atomic E-state index is 0.0376. The maximum absolute atomic E-state index is 11.6. The van der Waals surface area contributed by atoms with Gasteiger partial charge in [-0.05, 0) is 60.2 Å². The first-order valence-electron chi connectivity index (χ1n) is 8.50. The van der Waals surface area contributed by atoms with Gasteiger partial charge in [0.15, 0.2) is 0 Å². The fraction of sp³-hybridized carbons (Fsp3) is 0.611. The van der Waals surface area contributed by atoms with Crippen LogP contribution in [0, 0.1) is 5.92 Å². The molecule has 0 radical (unpaired) electrons. The molecule has 0 bridgehead atoms. The smallest absolute Gasteiger partial charge is 0.308 e. The lowest BCUT2D eigenvalue weighted by Crippen LogP contribution is -2.42. The van der Waals surface area contributed by atoms with Crippen molar-refractivity contribution in [2.45, 2.75) is 44.2 Å². The first-order valence-corrected chi connectivity index (χ1v) is 9.30. The fourth-order valence-corrected chi connectivity index (χ4v) is 4.35. The Labute approximate surface area is 146 Å². The lowest BCUT2D eigenvalue weighted by molar-refractivity contribution is -0.146. The van der Waals surface area contributed by atoms with Gasteiger partial charge in [-0.2, -0.15) is 0 Å². The van der Waals surface area contributed by atoms with Crippen molar-refractivity contribution in [2.24, 2.45) is 5.92 Å². The fourth-order valence-electron chi connectivity index (χ4n) is 3.82. The van der Waals surface area contributed by atoms with Crippen LogP contribution >= 0.6 is 15.9 Å². The molecule has 23 heavy (non-hydrogen) atoms. The highest BCUT2D eigenvalue weighted by molar-refractivity contribution is 9.10. The minimum atomic E-state index is -0.0376. The second kappa shape index (κ2) is 7.67. The van der Waals surface area contributed by atoms with Crippen LogP contribution in [-0.2, 0) is 9.53 Å². The zero-order valence-corrected chi connectivity index (χ0v) is 15.2. The average molecular weight is 381 g/mol. The van der Waals surface area contributed by atoms with Crippen molar-refractivity contribution < 1.29 is 9.53 Å². The summed E-state index contributed by atoms with van der Waals surface area (Å²) in [6.45, 7) is 2.15. The van der Waals surface area contributed by atoms with Crippen LogP contribution in [0.5, 0.6) is 0 Å². The Morgan fingerprint density at radius 1 is 1.17 bits per heavy atom. The molecule has 1 aliphatic heterocycles. The summed E-state index contributed by atoms with van der Waals surface area (Å²) in [7, 11) is 1.49. The van der Waals surface area contributed by atoms with Gasteiger partial charge in [-0.15, -0.1) is 0 Å². The third-order valence-electron chi connectivity index (χ3n) is 5.11. The van der Waals surface area contributed by atoms with E-state index < -0.39 is 0 Å². The number of methoxy groups -OCH3 is 1. The Balaban J connectivity index is 1.48. The number of ether oxygens (including phenoxy) is 1. The summed E-state index contributed by atoms with van der Waals surface area (Å²) in [5, 5.41) is 3.81. The van der Waals surface area contributed by atoms with E-state index in [1.54, 1.807) is 0 Å². The van der Waals surface area contributed by atoms with Crippen molar-refractivity contribution in [2.75, 3.05) is 25.1 Å². The van der Waals surface area contributed by atoms with Crippen molar-refractivity contribution in [1.82, 2.24) is 5.32 Å². The van der Waals surface area contributed by atoms with Crippen LogP contribution in [0.4, 0.5) is 5.69 Å². The number of benzene rings is 1. The van der Waals surface area contributed by atoms with Gasteiger partial charge in [0.25, 0.3) is 0 Å². The van der Waals surface area contributed by atoms with Crippen LogP contribution in [0.2, 0.25) is 0 Å². The molecule has 126 valence electrons. The van der Waals surface area contributed by atoms with Crippen LogP contribution < -0.4 is 10.2 Å². The van der Waals surface area contributed by atoms with Gasteiger partial charge in [0, 0.05) is 29.6 Å². The van der Waals surface area contributed by atoms with Crippen LogP contribution in [-0.4, -0.2) is 38.3 Å². The quantitative estimate of drug-likeness (QED) is 0.813. The molecule has 1 aliphatic carbocycles. The molecular formula is C18H25BrN2O2. The van der Waals surface area contributed by atoms with Crippen molar-refractivity contribution in [1.29, 1.82) is 0 Å². The highest BCUT2D eigenvalue weighted by Gasteiger charge is 2.30. The lowest BCUT2D eigenvalue weighted by Gasteiger charge is -2.30. The van der Waals surface area contributed by atoms with Gasteiger partial charge in [-0.3, -0.25) is 4.79 Å². The monoisotopic (exact) mass is 380 g/mol. The molecule has 2 fully saturated rings. The molecule has 1 saturated heterocycles. The summed E-state index contributed by atoms with van der Waals surface area (Å²) in [6.07, 6.45) is 5.23. The third-order valence-corrected chi connectivity index (χ3v) is 5.79. The SMILES string of the molecule is COC(=O)C1CCC(NC2CCN(c3ccccc3Br)C2)CC1. The average Bonchev–Trinajstić information content (AvgIpc) is 3.03. The number of anilines is 1. The second-order valence-electron chi connectivity index (χ2n) is 6.62. The Bertz CT molecular complexity index is 544. The standard InChI is InChI=1S/C18H25BrN2O2/c1-23-18(22)13-6-8-14(9-7-13)20-15-10-11-21(12-15)17-5-3-2-4-16(17)19/h2-5,13-15,20H,6-12H2,1H3. The van der Waals surface area contributed by atoms with Gasteiger partial charge >= 0.3 is 5.97 Å². The zero-order chi connectivity index (χ0) is 16.2. The summed E-state index contributed by atoms with van der Waals surface area (Å²) in [5.41, 5.74) is 1.28. The molecule has 1 aromatic rings. The highest BCUT2D eigenvalue weighted by Crippen LogP contribution is 2.30. The number of rotatable bonds is 4. The molecule has 0 aromatic heterocycles. The zero-order valence-electron chi connectivity index (χ0n) is 13.6. The number of hydrogen-bond donors (Lipinski definition) is 1. The normalized spacial score (nSPS) is 27.9. The van der Waals surface area contributed by atoms with E-state index in [0.29, 0.717) is 12.1 Å². The van der Waals surface area contributed by atoms with E-state index in [4.69, 9.17) is 4.74 Å². The first kappa shape index (κ1) is 16.8. The van der Waals surface area contributed by atoms with E-state index >= 15 is 0 Å². The predicted octanol–water partition coefficient (Wildman–Crippen LogP) is 3.35.